The minimum Gasteiger partial charge on any atom is -0.479 e. The summed E-state index contributed by atoms with van der Waals surface area (Å²) in [6.45, 7) is 0. The molecule has 70 valence electrons. The second-order valence-corrected chi connectivity index (χ2v) is 2.05. The molecule has 0 unspecified atom stereocenters. The number of aromatic nitrogens is 1. The van der Waals surface area contributed by atoms with Crippen molar-refractivity contribution in [1.29, 1.82) is 0 Å². The summed E-state index contributed by atoms with van der Waals surface area (Å²) < 4.78 is 29.7. The number of halogens is 2. The topological polar surface area (TPSA) is 65.3 Å². The summed E-state index contributed by atoms with van der Waals surface area (Å²) in [6.07, 6.45) is 0. The minimum absolute atomic E-state index is 0.418. The summed E-state index contributed by atoms with van der Waals surface area (Å²) in [6, 6.07) is 0.418. The molecule has 1 heterocycles. The van der Waals surface area contributed by atoms with Crippen LogP contribution in [-0.4, -0.2) is 17.0 Å². The Hall–Kier alpha value is -1.79. The van der Waals surface area contributed by atoms with E-state index >= 15 is 0 Å². The Balaban J connectivity index is 3.28. The van der Waals surface area contributed by atoms with Gasteiger partial charge in [0.25, 0.3) is 11.8 Å². The third-order valence-corrected chi connectivity index (χ3v) is 1.27. The second kappa shape index (κ2) is 3.30. The fourth-order valence-corrected chi connectivity index (χ4v) is 0.712. The van der Waals surface area contributed by atoms with Crippen molar-refractivity contribution in [3.8, 4) is 5.88 Å². The van der Waals surface area contributed by atoms with Crippen LogP contribution in [0.5, 0.6) is 5.88 Å². The Kier molecular flexibility index (Phi) is 2.36. The Labute approximate surface area is 71.1 Å². The number of ether oxygens (including phenoxy) is 1. The van der Waals surface area contributed by atoms with Crippen molar-refractivity contribution >= 4 is 5.69 Å². The van der Waals surface area contributed by atoms with Gasteiger partial charge in [0.1, 0.15) is 0 Å². The molecule has 1 aromatic heterocycles. The van der Waals surface area contributed by atoms with Gasteiger partial charge in [-0.2, -0.15) is 9.37 Å². The maximum atomic E-state index is 12.7. The first-order valence-corrected chi connectivity index (χ1v) is 3.10. The highest BCUT2D eigenvalue weighted by Crippen LogP contribution is 2.22. The summed E-state index contributed by atoms with van der Waals surface area (Å²) in [7, 11) is 1.08. The predicted octanol–water partition coefficient (Wildman–Crippen LogP) is 1.28. The predicted molar refractivity (Wildman–Crippen MR) is 37.4 cm³/mol. The van der Waals surface area contributed by atoms with Gasteiger partial charge in [-0.25, -0.2) is 4.39 Å². The molecule has 13 heavy (non-hydrogen) atoms. The molecule has 0 aliphatic rings. The fourth-order valence-electron chi connectivity index (χ4n) is 0.712. The van der Waals surface area contributed by atoms with Gasteiger partial charge in [-0.05, 0) is 0 Å². The Morgan fingerprint density at radius 3 is 2.69 bits per heavy atom. The van der Waals surface area contributed by atoms with Crippen molar-refractivity contribution in [3.05, 3.63) is 27.9 Å². The molecule has 0 aliphatic carbocycles. The van der Waals surface area contributed by atoms with Gasteiger partial charge in [0.2, 0.25) is 0 Å². The van der Waals surface area contributed by atoms with E-state index in [4.69, 9.17) is 0 Å². The molecule has 1 rings (SSSR count). The average Bonchev–Trinajstić information content (AvgIpc) is 2.07. The number of nitro groups is 1. The highest BCUT2D eigenvalue weighted by Gasteiger charge is 2.20. The molecular weight excluding hydrogens is 186 g/mol. The molecule has 0 saturated heterocycles. The van der Waals surface area contributed by atoms with E-state index in [9.17, 15) is 18.9 Å². The lowest BCUT2D eigenvalue weighted by Crippen LogP contribution is -2.00. The van der Waals surface area contributed by atoms with E-state index in [-0.39, 0.29) is 0 Å². The Morgan fingerprint density at radius 1 is 1.62 bits per heavy atom. The normalized spacial score (nSPS) is 9.77. The SMILES string of the molecule is COc1nc(F)c([N+](=O)[O-])cc1F. The molecule has 0 bridgehead atoms. The average molecular weight is 190 g/mol. The van der Waals surface area contributed by atoms with Crippen LogP contribution in [0.2, 0.25) is 0 Å². The highest BCUT2D eigenvalue weighted by atomic mass is 19.1. The van der Waals surface area contributed by atoms with Gasteiger partial charge in [0.15, 0.2) is 5.82 Å². The third-order valence-electron chi connectivity index (χ3n) is 1.27. The van der Waals surface area contributed by atoms with Gasteiger partial charge >= 0.3 is 5.69 Å². The zero-order valence-electron chi connectivity index (χ0n) is 6.45. The number of pyridine rings is 1. The first-order chi connectivity index (χ1) is 6.06. The lowest BCUT2D eigenvalue weighted by Gasteiger charge is -1.99. The van der Waals surface area contributed by atoms with Gasteiger partial charge in [0, 0.05) is 0 Å². The zero-order chi connectivity index (χ0) is 10.0. The maximum absolute atomic E-state index is 12.7. The van der Waals surface area contributed by atoms with Crippen LogP contribution in [-0.2, 0) is 0 Å². The van der Waals surface area contributed by atoms with Crippen molar-refractivity contribution in [2.75, 3.05) is 7.11 Å². The van der Waals surface area contributed by atoms with Crippen molar-refractivity contribution in [1.82, 2.24) is 4.98 Å². The number of hydrogen-bond acceptors (Lipinski definition) is 4. The first-order valence-electron chi connectivity index (χ1n) is 3.10. The van der Waals surface area contributed by atoms with Crippen LogP contribution in [0.3, 0.4) is 0 Å². The van der Waals surface area contributed by atoms with Gasteiger partial charge in [0.05, 0.1) is 18.1 Å². The lowest BCUT2D eigenvalue weighted by molar-refractivity contribution is -0.388. The van der Waals surface area contributed by atoms with E-state index in [0.717, 1.165) is 7.11 Å². The van der Waals surface area contributed by atoms with Gasteiger partial charge in [-0.1, -0.05) is 0 Å². The fraction of sp³-hybridized carbons (Fsp3) is 0.167. The van der Waals surface area contributed by atoms with Crippen LogP contribution in [0, 0.1) is 21.9 Å². The van der Waals surface area contributed by atoms with Crippen LogP contribution in [0.1, 0.15) is 0 Å². The van der Waals surface area contributed by atoms with Crippen LogP contribution >= 0.6 is 0 Å². The van der Waals surface area contributed by atoms with E-state index in [2.05, 4.69) is 9.72 Å². The molecule has 0 saturated carbocycles. The van der Waals surface area contributed by atoms with Crippen molar-refractivity contribution in [2.24, 2.45) is 0 Å². The smallest absolute Gasteiger partial charge is 0.327 e. The van der Waals surface area contributed by atoms with E-state index in [1.165, 1.54) is 0 Å². The molecule has 0 N–H and O–H groups in total. The van der Waals surface area contributed by atoms with Crippen LogP contribution in [0.25, 0.3) is 0 Å². The largest absolute Gasteiger partial charge is 0.479 e. The summed E-state index contributed by atoms with van der Waals surface area (Å²) in [5.41, 5.74) is -1.02. The standard InChI is InChI=1S/C6H4F2N2O3/c1-13-6-3(7)2-4(10(11)12)5(8)9-6/h2H,1H3. The second-order valence-electron chi connectivity index (χ2n) is 2.05. The molecule has 7 heteroatoms. The summed E-state index contributed by atoms with van der Waals surface area (Å²) in [5.74, 6) is -3.05. The van der Waals surface area contributed by atoms with Crippen molar-refractivity contribution in [3.63, 3.8) is 0 Å². The minimum atomic E-state index is -1.37. The first kappa shape index (κ1) is 9.30. The van der Waals surface area contributed by atoms with Gasteiger partial charge < -0.3 is 4.74 Å². The van der Waals surface area contributed by atoms with E-state index < -0.39 is 28.3 Å². The number of methoxy groups -OCH3 is 1. The number of nitrogens with zero attached hydrogens (tertiary/aromatic N) is 2. The summed E-state index contributed by atoms with van der Waals surface area (Å²) in [5, 5.41) is 10.1. The van der Waals surface area contributed by atoms with Crippen LogP contribution in [0.4, 0.5) is 14.5 Å². The van der Waals surface area contributed by atoms with E-state index in [1.54, 1.807) is 0 Å². The molecule has 5 nitrogen and oxygen atoms in total. The third kappa shape index (κ3) is 1.68. The Morgan fingerprint density at radius 2 is 2.23 bits per heavy atom. The molecule has 1 aromatic rings. The van der Waals surface area contributed by atoms with Crippen LogP contribution < -0.4 is 4.74 Å². The van der Waals surface area contributed by atoms with Gasteiger partial charge in [-0.15, -0.1) is 0 Å². The zero-order valence-corrected chi connectivity index (χ0v) is 6.45. The molecule has 0 aromatic carbocycles. The summed E-state index contributed by atoms with van der Waals surface area (Å²) in [4.78, 5) is 11.9. The lowest BCUT2D eigenvalue weighted by atomic mass is 10.4. The molecule has 0 aliphatic heterocycles. The Bertz CT molecular complexity index is 356. The van der Waals surface area contributed by atoms with Crippen molar-refractivity contribution < 1.29 is 18.4 Å². The quantitative estimate of drug-likeness (QED) is 0.400. The maximum Gasteiger partial charge on any atom is 0.327 e. The molecule has 0 radical (unpaired) electrons. The highest BCUT2D eigenvalue weighted by molar-refractivity contribution is 5.32. The monoisotopic (exact) mass is 190 g/mol. The van der Waals surface area contributed by atoms with Gasteiger partial charge in [-0.3, -0.25) is 10.1 Å². The summed E-state index contributed by atoms with van der Waals surface area (Å²) >= 11 is 0. The molecule has 0 amide bonds. The molecule has 0 fully saturated rings. The van der Waals surface area contributed by atoms with E-state index in [1.807, 2.05) is 0 Å². The molecule has 0 atom stereocenters. The molecular formula is C6H4F2N2O3. The van der Waals surface area contributed by atoms with Crippen molar-refractivity contribution in [2.45, 2.75) is 0 Å². The van der Waals surface area contributed by atoms with E-state index in [0.29, 0.717) is 6.07 Å². The molecule has 0 spiro atoms. The number of hydrogen-bond donors (Lipinski definition) is 0. The van der Waals surface area contributed by atoms with Crippen LogP contribution in [0.15, 0.2) is 6.07 Å². The number of rotatable bonds is 2.